The van der Waals surface area contributed by atoms with Crippen LogP contribution in [0.5, 0.6) is 11.5 Å². The normalized spacial score (nSPS) is 12.0. The lowest BCUT2D eigenvalue weighted by Crippen LogP contribution is -2.24. The minimum atomic E-state index is -0.508. The van der Waals surface area contributed by atoms with Gasteiger partial charge >= 0.3 is 0 Å². The molecule has 1 atom stereocenters. The second kappa shape index (κ2) is 8.15. The molecule has 0 spiro atoms. The molecule has 0 fully saturated rings. The van der Waals surface area contributed by atoms with E-state index in [-0.39, 0.29) is 11.6 Å². The molecule has 0 saturated carbocycles. The highest BCUT2D eigenvalue weighted by Gasteiger charge is 2.13. The predicted molar refractivity (Wildman–Crippen MR) is 87.6 cm³/mol. The number of hydrogen-bond donors (Lipinski definition) is 2. The van der Waals surface area contributed by atoms with Gasteiger partial charge in [0.15, 0.2) is 0 Å². The smallest absolute Gasteiger partial charge is 0.142 e. The van der Waals surface area contributed by atoms with Crippen LogP contribution >= 0.6 is 11.6 Å². The molecule has 124 valence electrons. The second-order valence-electron chi connectivity index (χ2n) is 4.97. The van der Waals surface area contributed by atoms with Crippen LogP contribution in [0.15, 0.2) is 36.4 Å². The summed E-state index contributed by atoms with van der Waals surface area (Å²) in [5, 5.41) is 12.8. The number of aliphatic hydroxyl groups is 1. The molecular weight excluding hydrogens is 321 g/mol. The van der Waals surface area contributed by atoms with Crippen molar-refractivity contribution in [2.75, 3.05) is 20.8 Å². The van der Waals surface area contributed by atoms with Crippen molar-refractivity contribution in [3.8, 4) is 11.5 Å². The first-order chi connectivity index (χ1) is 11.1. The summed E-state index contributed by atoms with van der Waals surface area (Å²) in [7, 11) is 3.17. The Kier molecular flexibility index (Phi) is 6.21. The van der Waals surface area contributed by atoms with E-state index in [1.54, 1.807) is 26.4 Å². The van der Waals surface area contributed by atoms with Crippen molar-refractivity contribution in [2.45, 2.75) is 12.6 Å². The average Bonchev–Trinajstić information content (AvgIpc) is 2.58. The maximum Gasteiger partial charge on any atom is 0.142 e. The Morgan fingerprint density at radius 2 is 1.96 bits per heavy atom. The molecule has 4 nitrogen and oxygen atoms in total. The van der Waals surface area contributed by atoms with Crippen LogP contribution in [0.1, 0.15) is 17.2 Å². The molecule has 0 aromatic heterocycles. The molecule has 0 saturated heterocycles. The fraction of sp³-hybridized carbons (Fsp3) is 0.294. The Bertz CT molecular complexity index is 666. The highest BCUT2D eigenvalue weighted by Crippen LogP contribution is 2.26. The molecule has 0 bridgehead atoms. The lowest BCUT2D eigenvalue weighted by molar-refractivity contribution is 0.243. The van der Waals surface area contributed by atoms with E-state index in [2.05, 4.69) is 5.32 Å². The van der Waals surface area contributed by atoms with Gasteiger partial charge in [-0.25, -0.2) is 4.39 Å². The van der Waals surface area contributed by atoms with Crippen LogP contribution in [-0.4, -0.2) is 25.9 Å². The zero-order valence-corrected chi connectivity index (χ0v) is 13.7. The predicted octanol–water partition coefficient (Wildman–Crippen LogP) is 3.32. The van der Waals surface area contributed by atoms with Gasteiger partial charge in [0.2, 0.25) is 0 Å². The summed E-state index contributed by atoms with van der Waals surface area (Å²) in [6, 6.07) is 9.56. The van der Waals surface area contributed by atoms with Crippen LogP contribution in [0.3, 0.4) is 0 Å². The summed E-state index contributed by atoms with van der Waals surface area (Å²) < 4.78 is 24.1. The topological polar surface area (TPSA) is 50.7 Å². The molecule has 1 unspecified atom stereocenters. The summed E-state index contributed by atoms with van der Waals surface area (Å²) >= 11 is 5.68. The van der Waals surface area contributed by atoms with Gasteiger partial charge in [-0.2, -0.15) is 0 Å². The molecule has 0 radical (unpaired) electrons. The SMILES string of the molecule is COc1ccc(CNC(CO)c2ccc(Cl)c(F)c2)c(OC)c1. The number of rotatable bonds is 7. The van der Waals surface area contributed by atoms with E-state index >= 15 is 0 Å². The molecule has 2 aromatic rings. The number of hydrogen-bond acceptors (Lipinski definition) is 4. The molecule has 0 aliphatic rings. The molecule has 0 heterocycles. The van der Waals surface area contributed by atoms with E-state index in [4.69, 9.17) is 21.1 Å². The fourth-order valence-electron chi connectivity index (χ4n) is 2.25. The molecule has 0 amide bonds. The Hall–Kier alpha value is -1.82. The number of nitrogens with one attached hydrogen (secondary N) is 1. The second-order valence-corrected chi connectivity index (χ2v) is 5.37. The van der Waals surface area contributed by atoms with Crippen LogP contribution in [0, 0.1) is 5.82 Å². The largest absolute Gasteiger partial charge is 0.497 e. The van der Waals surface area contributed by atoms with Crippen molar-refractivity contribution in [3.63, 3.8) is 0 Å². The summed E-state index contributed by atoms with van der Waals surface area (Å²) in [6.45, 7) is 0.280. The maximum absolute atomic E-state index is 13.6. The molecule has 0 aliphatic carbocycles. The van der Waals surface area contributed by atoms with Crippen molar-refractivity contribution >= 4 is 11.6 Å². The van der Waals surface area contributed by atoms with E-state index < -0.39 is 11.9 Å². The van der Waals surface area contributed by atoms with Gasteiger partial charge in [-0.15, -0.1) is 0 Å². The molecule has 6 heteroatoms. The monoisotopic (exact) mass is 339 g/mol. The van der Waals surface area contributed by atoms with Crippen molar-refractivity contribution in [3.05, 3.63) is 58.4 Å². The maximum atomic E-state index is 13.6. The zero-order chi connectivity index (χ0) is 16.8. The third-order valence-corrected chi connectivity index (χ3v) is 3.87. The van der Waals surface area contributed by atoms with Crippen LogP contribution in [0.4, 0.5) is 4.39 Å². The standard InChI is InChI=1S/C17H19ClFNO3/c1-22-13-5-3-12(17(8-13)23-2)9-20-16(10-21)11-4-6-14(18)15(19)7-11/h3-8,16,20-21H,9-10H2,1-2H3. The molecule has 2 rings (SSSR count). The van der Waals surface area contributed by atoms with Crippen LogP contribution in [0.2, 0.25) is 5.02 Å². The van der Waals surface area contributed by atoms with Crippen molar-refractivity contribution in [1.82, 2.24) is 5.32 Å². The molecule has 23 heavy (non-hydrogen) atoms. The van der Waals surface area contributed by atoms with E-state index in [0.717, 1.165) is 5.56 Å². The minimum absolute atomic E-state index is 0.0577. The first kappa shape index (κ1) is 17.5. The van der Waals surface area contributed by atoms with Gasteiger partial charge in [0.1, 0.15) is 17.3 Å². The van der Waals surface area contributed by atoms with Crippen molar-refractivity contribution < 1.29 is 19.0 Å². The number of methoxy groups -OCH3 is 2. The fourth-order valence-corrected chi connectivity index (χ4v) is 2.37. The third kappa shape index (κ3) is 4.34. The van der Waals surface area contributed by atoms with Gasteiger partial charge < -0.3 is 19.9 Å². The number of benzene rings is 2. The number of halogens is 2. The van der Waals surface area contributed by atoms with Crippen LogP contribution in [0.25, 0.3) is 0 Å². The van der Waals surface area contributed by atoms with Crippen LogP contribution < -0.4 is 14.8 Å². The van der Waals surface area contributed by atoms with E-state index in [1.807, 2.05) is 12.1 Å². The Morgan fingerprint density at radius 1 is 1.17 bits per heavy atom. The summed E-state index contributed by atoms with van der Waals surface area (Å²) in [4.78, 5) is 0. The van der Waals surface area contributed by atoms with E-state index in [0.29, 0.717) is 23.6 Å². The first-order valence-corrected chi connectivity index (χ1v) is 7.47. The Balaban J connectivity index is 2.12. The van der Waals surface area contributed by atoms with Gasteiger partial charge in [-0.1, -0.05) is 23.7 Å². The highest BCUT2D eigenvalue weighted by atomic mass is 35.5. The van der Waals surface area contributed by atoms with Crippen LogP contribution in [-0.2, 0) is 6.54 Å². The molecule has 2 aromatic carbocycles. The van der Waals surface area contributed by atoms with Crippen molar-refractivity contribution in [1.29, 1.82) is 0 Å². The van der Waals surface area contributed by atoms with Gasteiger partial charge in [0.05, 0.1) is 31.9 Å². The van der Waals surface area contributed by atoms with Crippen molar-refractivity contribution in [2.24, 2.45) is 0 Å². The van der Waals surface area contributed by atoms with Gasteiger partial charge in [0, 0.05) is 18.2 Å². The van der Waals surface area contributed by atoms with Gasteiger partial charge in [-0.05, 0) is 23.8 Å². The number of ether oxygens (including phenoxy) is 2. The lowest BCUT2D eigenvalue weighted by atomic mass is 10.1. The summed E-state index contributed by atoms with van der Waals surface area (Å²) in [6.07, 6.45) is 0. The Labute approximate surface area is 139 Å². The highest BCUT2D eigenvalue weighted by molar-refractivity contribution is 6.30. The van der Waals surface area contributed by atoms with Gasteiger partial charge in [0.25, 0.3) is 0 Å². The average molecular weight is 340 g/mol. The minimum Gasteiger partial charge on any atom is -0.497 e. The molecular formula is C17H19ClFNO3. The third-order valence-electron chi connectivity index (χ3n) is 3.56. The molecule has 0 aliphatic heterocycles. The molecule has 2 N–H and O–H groups in total. The quantitative estimate of drug-likeness (QED) is 0.812. The summed E-state index contributed by atoms with van der Waals surface area (Å²) in [5.41, 5.74) is 1.53. The summed E-state index contributed by atoms with van der Waals surface area (Å²) in [5.74, 6) is 0.867. The lowest BCUT2D eigenvalue weighted by Gasteiger charge is -2.18. The number of aliphatic hydroxyl groups excluding tert-OH is 1. The first-order valence-electron chi connectivity index (χ1n) is 7.09. The Morgan fingerprint density at radius 3 is 2.57 bits per heavy atom. The van der Waals surface area contributed by atoms with E-state index in [1.165, 1.54) is 12.1 Å². The zero-order valence-electron chi connectivity index (χ0n) is 13.0. The van der Waals surface area contributed by atoms with E-state index in [9.17, 15) is 9.50 Å². The van der Waals surface area contributed by atoms with Gasteiger partial charge in [-0.3, -0.25) is 0 Å².